The number of rotatable bonds is 6. The second kappa shape index (κ2) is 6.84. The van der Waals surface area contributed by atoms with E-state index in [1.165, 1.54) is 23.9 Å². The number of carboxylic acids is 1. The largest absolute Gasteiger partial charge is 0.476 e. The standard InChI is InChI=1S/C12H15N5O3S/c1-8-6-21-10(16-8)4-14-12(20)13-2-3-17-5-9(11(18)19)15-7-17/h5-7H,2-4H2,1H3,(H,18,19)(H2,13,14,20). The molecule has 0 aliphatic carbocycles. The number of carbonyl (C=O) groups is 2. The van der Waals surface area contributed by atoms with Crippen LogP contribution in [0.25, 0.3) is 0 Å². The van der Waals surface area contributed by atoms with Crippen molar-refractivity contribution >= 4 is 23.3 Å². The summed E-state index contributed by atoms with van der Waals surface area (Å²) < 4.78 is 1.61. The molecule has 2 rings (SSSR count). The van der Waals surface area contributed by atoms with Crippen molar-refractivity contribution in [3.05, 3.63) is 34.3 Å². The van der Waals surface area contributed by atoms with Crippen molar-refractivity contribution in [2.45, 2.75) is 20.0 Å². The van der Waals surface area contributed by atoms with Crippen molar-refractivity contribution < 1.29 is 14.7 Å². The molecule has 0 aliphatic rings. The first kappa shape index (κ1) is 15.0. The molecule has 2 aromatic rings. The van der Waals surface area contributed by atoms with Gasteiger partial charge >= 0.3 is 12.0 Å². The minimum Gasteiger partial charge on any atom is -0.476 e. The number of amides is 2. The molecule has 0 saturated carbocycles. The topological polar surface area (TPSA) is 109 Å². The van der Waals surface area contributed by atoms with Crippen LogP contribution in [0.1, 0.15) is 21.2 Å². The normalized spacial score (nSPS) is 10.3. The molecule has 0 unspecified atom stereocenters. The molecule has 112 valence electrons. The SMILES string of the molecule is Cc1csc(CNC(=O)NCCn2cnc(C(=O)O)c2)n1. The van der Waals surface area contributed by atoms with Gasteiger partial charge < -0.3 is 20.3 Å². The van der Waals surface area contributed by atoms with Gasteiger partial charge in [-0.3, -0.25) is 0 Å². The Morgan fingerprint density at radius 1 is 1.43 bits per heavy atom. The minimum atomic E-state index is -1.07. The van der Waals surface area contributed by atoms with E-state index in [1.807, 2.05) is 12.3 Å². The maximum atomic E-state index is 11.6. The highest BCUT2D eigenvalue weighted by atomic mass is 32.1. The number of nitrogens with one attached hydrogen (secondary N) is 2. The molecule has 0 atom stereocenters. The van der Waals surface area contributed by atoms with E-state index in [0.29, 0.717) is 19.6 Å². The Hall–Kier alpha value is -2.42. The lowest BCUT2D eigenvalue weighted by molar-refractivity contribution is 0.0691. The molecule has 9 heteroatoms. The number of hydrogen-bond donors (Lipinski definition) is 3. The number of carboxylic acid groups (broad SMARTS) is 1. The number of imidazole rings is 1. The lowest BCUT2D eigenvalue weighted by Crippen LogP contribution is -2.36. The van der Waals surface area contributed by atoms with Crippen LogP contribution in [0.5, 0.6) is 0 Å². The van der Waals surface area contributed by atoms with Crippen molar-refractivity contribution in [3.8, 4) is 0 Å². The molecule has 2 aromatic heterocycles. The van der Waals surface area contributed by atoms with Crippen molar-refractivity contribution in [2.24, 2.45) is 0 Å². The van der Waals surface area contributed by atoms with Crippen LogP contribution < -0.4 is 10.6 Å². The van der Waals surface area contributed by atoms with E-state index in [-0.39, 0.29) is 11.7 Å². The molecule has 21 heavy (non-hydrogen) atoms. The Morgan fingerprint density at radius 3 is 2.86 bits per heavy atom. The van der Waals surface area contributed by atoms with Crippen molar-refractivity contribution in [2.75, 3.05) is 6.54 Å². The van der Waals surface area contributed by atoms with E-state index in [0.717, 1.165) is 10.7 Å². The van der Waals surface area contributed by atoms with Crippen molar-refractivity contribution in [1.82, 2.24) is 25.2 Å². The predicted molar refractivity (Wildman–Crippen MR) is 76.3 cm³/mol. The minimum absolute atomic E-state index is 0.0152. The van der Waals surface area contributed by atoms with Gasteiger partial charge in [0.05, 0.1) is 12.9 Å². The lowest BCUT2D eigenvalue weighted by Gasteiger charge is -2.06. The Balaban J connectivity index is 1.67. The van der Waals surface area contributed by atoms with Gasteiger partial charge in [-0.1, -0.05) is 0 Å². The van der Waals surface area contributed by atoms with Gasteiger partial charge in [-0.25, -0.2) is 19.6 Å². The second-order valence-electron chi connectivity index (χ2n) is 4.29. The zero-order chi connectivity index (χ0) is 15.2. The van der Waals surface area contributed by atoms with Crippen LogP contribution in [0.4, 0.5) is 4.79 Å². The lowest BCUT2D eigenvalue weighted by atomic mass is 10.5. The fourth-order valence-electron chi connectivity index (χ4n) is 1.59. The van der Waals surface area contributed by atoms with Crippen molar-refractivity contribution in [3.63, 3.8) is 0 Å². The van der Waals surface area contributed by atoms with Crippen LogP contribution in [0, 0.1) is 6.92 Å². The third kappa shape index (κ3) is 4.56. The van der Waals surface area contributed by atoms with Crippen LogP contribution in [0.15, 0.2) is 17.9 Å². The Bertz CT molecular complexity index is 636. The fraction of sp³-hybridized carbons (Fsp3) is 0.333. The van der Waals surface area contributed by atoms with E-state index in [4.69, 9.17) is 5.11 Å². The maximum absolute atomic E-state index is 11.6. The van der Waals surface area contributed by atoms with E-state index >= 15 is 0 Å². The molecule has 3 N–H and O–H groups in total. The number of carbonyl (C=O) groups excluding carboxylic acids is 1. The molecule has 0 bridgehead atoms. The summed E-state index contributed by atoms with van der Waals surface area (Å²) in [6, 6.07) is -0.290. The monoisotopic (exact) mass is 309 g/mol. The van der Waals surface area contributed by atoms with Gasteiger partial charge in [-0.15, -0.1) is 11.3 Å². The van der Waals surface area contributed by atoms with Gasteiger partial charge in [-0.2, -0.15) is 0 Å². The van der Waals surface area contributed by atoms with Crippen LogP contribution in [0.2, 0.25) is 0 Å². The molecule has 2 amide bonds. The highest BCUT2D eigenvalue weighted by Gasteiger charge is 2.06. The summed E-state index contributed by atoms with van der Waals surface area (Å²) in [5.41, 5.74) is 0.921. The number of nitrogens with zero attached hydrogens (tertiary/aromatic N) is 3. The molecule has 0 spiro atoms. The van der Waals surface area contributed by atoms with E-state index < -0.39 is 5.97 Å². The molecular formula is C12H15N5O3S. The third-order valence-electron chi connectivity index (χ3n) is 2.57. The zero-order valence-electron chi connectivity index (χ0n) is 11.4. The first-order valence-electron chi connectivity index (χ1n) is 6.22. The summed E-state index contributed by atoms with van der Waals surface area (Å²) in [4.78, 5) is 30.2. The van der Waals surface area contributed by atoms with E-state index in [2.05, 4.69) is 20.6 Å². The number of thiazole rings is 1. The summed E-state index contributed by atoms with van der Waals surface area (Å²) in [6.07, 6.45) is 2.83. The van der Waals surface area contributed by atoms with E-state index in [9.17, 15) is 9.59 Å². The molecule has 0 saturated heterocycles. The number of hydrogen-bond acceptors (Lipinski definition) is 5. The molecular weight excluding hydrogens is 294 g/mol. The van der Waals surface area contributed by atoms with Crippen molar-refractivity contribution in [1.29, 1.82) is 0 Å². The van der Waals surface area contributed by atoms with E-state index in [1.54, 1.807) is 4.57 Å². The first-order valence-corrected chi connectivity index (χ1v) is 7.10. The van der Waals surface area contributed by atoms with Crippen LogP contribution in [-0.2, 0) is 13.1 Å². The van der Waals surface area contributed by atoms with Gasteiger partial charge in [0.1, 0.15) is 5.01 Å². The summed E-state index contributed by atoms with van der Waals surface area (Å²) in [5, 5.41) is 16.9. The summed E-state index contributed by atoms with van der Waals surface area (Å²) in [7, 11) is 0. The predicted octanol–water partition coefficient (Wildman–Crippen LogP) is 0.846. The van der Waals surface area contributed by atoms with Gasteiger partial charge in [0, 0.05) is 30.4 Å². The summed E-state index contributed by atoms with van der Waals surface area (Å²) >= 11 is 1.50. The van der Waals surface area contributed by atoms with Gasteiger partial charge in [0.15, 0.2) is 5.69 Å². The number of aromatic nitrogens is 3. The first-order chi connectivity index (χ1) is 10.0. The average Bonchev–Trinajstić information content (AvgIpc) is 3.05. The smallest absolute Gasteiger partial charge is 0.356 e. The number of urea groups is 1. The summed E-state index contributed by atoms with van der Waals surface area (Å²) in [5.74, 6) is -1.07. The average molecular weight is 309 g/mol. The Morgan fingerprint density at radius 2 is 2.24 bits per heavy atom. The van der Waals surface area contributed by atoms with Crippen LogP contribution in [0.3, 0.4) is 0 Å². The van der Waals surface area contributed by atoms with Gasteiger partial charge in [-0.05, 0) is 6.92 Å². The fourth-order valence-corrected chi connectivity index (χ4v) is 2.31. The number of aryl methyl sites for hydroxylation is 1. The Labute approximate surface area is 124 Å². The highest BCUT2D eigenvalue weighted by Crippen LogP contribution is 2.07. The molecule has 2 heterocycles. The zero-order valence-corrected chi connectivity index (χ0v) is 12.2. The molecule has 8 nitrogen and oxygen atoms in total. The van der Waals surface area contributed by atoms with Crippen LogP contribution in [-0.4, -0.2) is 38.2 Å². The second-order valence-corrected chi connectivity index (χ2v) is 5.24. The van der Waals surface area contributed by atoms with Crippen LogP contribution >= 0.6 is 11.3 Å². The Kier molecular flexibility index (Phi) is 4.88. The highest BCUT2D eigenvalue weighted by molar-refractivity contribution is 7.09. The molecule has 0 aliphatic heterocycles. The maximum Gasteiger partial charge on any atom is 0.356 e. The summed E-state index contributed by atoms with van der Waals surface area (Å²) in [6.45, 7) is 3.11. The third-order valence-corrected chi connectivity index (χ3v) is 3.54. The van der Waals surface area contributed by atoms with Gasteiger partial charge in [0.25, 0.3) is 0 Å². The molecule has 0 aromatic carbocycles. The van der Waals surface area contributed by atoms with Gasteiger partial charge in [0.2, 0.25) is 0 Å². The number of aromatic carboxylic acids is 1. The molecule has 0 fully saturated rings. The quantitative estimate of drug-likeness (QED) is 0.733. The molecule has 0 radical (unpaired) electrons.